The molecule has 1 saturated heterocycles. The molecule has 5 nitrogen and oxygen atoms in total. The Bertz CT molecular complexity index is 468. The molecule has 0 saturated carbocycles. The zero-order valence-electron chi connectivity index (χ0n) is 14.3. The van der Waals surface area contributed by atoms with Crippen molar-refractivity contribution in [2.24, 2.45) is 10.9 Å². The van der Waals surface area contributed by atoms with Gasteiger partial charge in [0, 0.05) is 39.3 Å². The number of aryl methyl sites for hydroxylation is 1. The van der Waals surface area contributed by atoms with Gasteiger partial charge in [0.1, 0.15) is 0 Å². The topological polar surface area (TPSA) is 54.9 Å². The number of benzene rings is 1. The molecule has 5 heteroatoms. The lowest BCUT2D eigenvalue weighted by Crippen LogP contribution is -2.37. The molecule has 1 heterocycles. The maximum absolute atomic E-state index is 5.69. The molecule has 1 aromatic carbocycles. The molecule has 1 unspecified atom stereocenters. The van der Waals surface area contributed by atoms with Gasteiger partial charge in [-0.05, 0) is 25.3 Å². The second-order valence-corrected chi connectivity index (χ2v) is 6.00. The molecule has 2 rings (SSSR count). The summed E-state index contributed by atoms with van der Waals surface area (Å²) >= 11 is 0. The first-order chi connectivity index (χ1) is 11.3. The van der Waals surface area contributed by atoms with Gasteiger partial charge in [-0.2, -0.15) is 0 Å². The van der Waals surface area contributed by atoms with Crippen molar-refractivity contribution >= 4 is 5.96 Å². The summed E-state index contributed by atoms with van der Waals surface area (Å²) in [5.74, 6) is 1.42. The molecule has 0 spiro atoms. The van der Waals surface area contributed by atoms with Crippen LogP contribution >= 0.6 is 0 Å². The molecule has 0 radical (unpaired) electrons. The summed E-state index contributed by atoms with van der Waals surface area (Å²) in [6.07, 6.45) is 2.10. The normalized spacial score (nSPS) is 18.2. The molecular weight excluding hydrogens is 290 g/mol. The van der Waals surface area contributed by atoms with E-state index in [1.165, 1.54) is 11.1 Å². The minimum absolute atomic E-state index is 0.590. The van der Waals surface area contributed by atoms with Crippen molar-refractivity contribution in [2.45, 2.75) is 26.3 Å². The predicted molar refractivity (Wildman–Crippen MR) is 93.7 cm³/mol. The number of hydrogen-bond acceptors (Lipinski definition) is 3. The zero-order chi connectivity index (χ0) is 16.3. The highest BCUT2D eigenvalue weighted by Gasteiger charge is 2.15. The lowest BCUT2D eigenvalue weighted by atomic mass is 10.1. The fraction of sp³-hybridized carbons (Fsp3) is 0.611. The van der Waals surface area contributed by atoms with Gasteiger partial charge in [0.25, 0.3) is 0 Å². The van der Waals surface area contributed by atoms with Crippen LogP contribution in [0.3, 0.4) is 0 Å². The van der Waals surface area contributed by atoms with Crippen LogP contribution in [-0.2, 0) is 16.0 Å². The molecule has 0 aliphatic carbocycles. The maximum atomic E-state index is 5.69. The number of nitrogens with one attached hydrogen (secondary N) is 2. The molecule has 23 heavy (non-hydrogen) atoms. The van der Waals surface area contributed by atoms with Crippen LogP contribution in [-0.4, -0.2) is 46.0 Å². The van der Waals surface area contributed by atoms with Crippen LogP contribution in [0.25, 0.3) is 0 Å². The molecule has 1 atom stereocenters. The van der Waals surface area contributed by atoms with Crippen LogP contribution in [0.15, 0.2) is 29.3 Å². The second kappa shape index (κ2) is 10.2. The number of nitrogens with zero attached hydrogens (tertiary/aromatic N) is 1. The Hall–Kier alpha value is -1.59. The molecule has 0 bridgehead atoms. The smallest absolute Gasteiger partial charge is 0.191 e. The van der Waals surface area contributed by atoms with Crippen molar-refractivity contribution in [1.29, 1.82) is 0 Å². The molecule has 1 aliphatic rings. The molecule has 0 aromatic heterocycles. The number of ether oxygens (including phenoxy) is 2. The lowest BCUT2D eigenvalue weighted by Gasteiger charge is -2.13. The van der Waals surface area contributed by atoms with E-state index in [4.69, 9.17) is 9.47 Å². The van der Waals surface area contributed by atoms with Crippen LogP contribution in [0.5, 0.6) is 0 Å². The highest BCUT2D eigenvalue weighted by atomic mass is 16.5. The fourth-order valence-electron chi connectivity index (χ4n) is 2.46. The quantitative estimate of drug-likeness (QED) is 0.438. The monoisotopic (exact) mass is 319 g/mol. The van der Waals surface area contributed by atoms with Crippen molar-refractivity contribution in [3.05, 3.63) is 35.4 Å². The van der Waals surface area contributed by atoms with Crippen molar-refractivity contribution < 1.29 is 9.47 Å². The molecule has 1 aliphatic heterocycles. The molecule has 1 aromatic rings. The van der Waals surface area contributed by atoms with Gasteiger partial charge in [0.2, 0.25) is 0 Å². The average molecular weight is 319 g/mol. The van der Waals surface area contributed by atoms with Crippen LogP contribution in [0, 0.1) is 12.8 Å². The van der Waals surface area contributed by atoms with E-state index in [-0.39, 0.29) is 0 Å². The standard InChI is InChI=1S/C18H29N3O2/c1-15-4-6-16(7-5-15)12-21-18(19-2)20-9-3-10-22-13-17-8-11-23-14-17/h4-7,17H,3,8-14H2,1-2H3,(H2,19,20,21). The van der Waals surface area contributed by atoms with Gasteiger partial charge in [0.05, 0.1) is 13.2 Å². The Morgan fingerprint density at radius 3 is 2.83 bits per heavy atom. The van der Waals surface area contributed by atoms with Gasteiger partial charge < -0.3 is 20.1 Å². The summed E-state index contributed by atoms with van der Waals surface area (Å²) < 4.78 is 11.0. The van der Waals surface area contributed by atoms with E-state index in [9.17, 15) is 0 Å². The third kappa shape index (κ3) is 7.01. The Morgan fingerprint density at radius 1 is 1.30 bits per heavy atom. The molecule has 0 amide bonds. The number of guanidine groups is 1. The summed E-state index contributed by atoms with van der Waals surface area (Å²) in [7, 11) is 1.79. The summed E-state index contributed by atoms with van der Waals surface area (Å²) in [6, 6.07) is 8.52. The Kier molecular flexibility index (Phi) is 7.90. The average Bonchev–Trinajstić information content (AvgIpc) is 3.08. The lowest BCUT2D eigenvalue weighted by molar-refractivity contribution is 0.0888. The molecule has 128 valence electrons. The van der Waals surface area contributed by atoms with Gasteiger partial charge >= 0.3 is 0 Å². The molecular formula is C18H29N3O2. The summed E-state index contributed by atoms with van der Waals surface area (Å²) in [5.41, 5.74) is 2.53. The van der Waals surface area contributed by atoms with Gasteiger partial charge in [-0.3, -0.25) is 4.99 Å². The van der Waals surface area contributed by atoms with Crippen LogP contribution in [0.1, 0.15) is 24.0 Å². The first-order valence-electron chi connectivity index (χ1n) is 8.43. The number of rotatable bonds is 8. The van der Waals surface area contributed by atoms with E-state index in [0.717, 1.165) is 58.3 Å². The Labute approximate surface area is 139 Å². The maximum Gasteiger partial charge on any atom is 0.191 e. The summed E-state index contributed by atoms with van der Waals surface area (Å²) in [4.78, 5) is 4.24. The molecule has 2 N–H and O–H groups in total. The van der Waals surface area contributed by atoms with E-state index in [1.54, 1.807) is 7.05 Å². The molecule has 1 fully saturated rings. The van der Waals surface area contributed by atoms with Gasteiger partial charge in [-0.1, -0.05) is 29.8 Å². The fourth-order valence-corrected chi connectivity index (χ4v) is 2.46. The van der Waals surface area contributed by atoms with Crippen molar-refractivity contribution in [3.63, 3.8) is 0 Å². The van der Waals surface area contributed by atoms with Crippen LogP contribution < -0.4 is 10.6 Å². The highest BCUT2D eigenvalue weighted by Crippen LogP contribution is 2.12. The largest absolute Gasteiger partial charge is 0.381 e. The van der Waals surface area contributed by atoms with E-state index >= 15 is 0 Å². The van der Waals surface area contributed by atoms with Gasteiger partial charge in [0.15, 0.2) is 5.96 Å². The third-order valence-corrected chi connectivity index (χ3v) is 3.94. The van der Waals surface area contributed by atoms with Crippen LogP contribution in [0.2, 0.25) is 0 Å². The number of hydrogen-bond donors (Lipinski definition) is 2. The summed E-state index contributed by atoms with van der Waals surface area (Å²) in [6.45, 7) is 7.07. The third-order valence-electron chi connectivity index (χ3n) is 3.94. The first kappa shape index (κ1) is 17.8. The highest BCUT2D eigenvalue weighted by molar-refractivity contribution is 5.79. The Morgan fingerprint density at radius 2 is 2.13 bits per heavy atom. The Balaban J connectivity index is 1.53. The minimum Gasteiger partial charge on any atom is -0.381 e. The second-order valence-electron chi connectivity index (χ2n) is 6.00. The SMILES string of the molecule is CN=C(NCCCOCC1CCOC1)NCc1ccc(C)cc1. The minimum atomic E-state index is 0.590. The van der Waals surface area contributed by atoms with Crippen molar-refractivity contribution in [2.75, 3.05) is 40.0 Å². The van der Waals surface area contributed by atoms with E-state index in [2.05, 4.69) is 46.8 Å². The van der Waals surface area contributed by atoms with Gasteiger partial charge in [-0.15, -0.1) is 0 Å². The van der Waals surface area contributed by atoms with Crippen molar-refractivity contribution in [3.8, 4) is 0 Å². The van der Waals surface area contributed by atoms with Crippen molar-refractivity contribution in [1.82, 2.24) is 10.6 Å². The summed E-state index contributed by atoms with van der Waals surface area (Å²) in [5, 5.41) is 6.64. The van der Waals surface area contributed by atoms with E-state index < -0.39 is 0 Å². The van der Waals surface area contributed by atoms with E-state index in [1.807, 2.05) is 0 Å². The first-order valence-corrected chi connectivity index (χ1v) is 8.43. The van der Waals surface area contributed by atoms with Crippen LogP contribution in [0.4, 0.5) is 0 Å². The zero-order valence-corrected chi connectivity index (χ0v) is 14.3. The predicted octanol–water partition coefficient (Wildman–Crippen LogP) is 2.10. The van der Waals surface area contributed by atoms with Gasteiger partial charge in [-0.25, -0.2) is 0 Å². The number of aliphatic imine (C=N–C) groups is 1. The van der Waals surface area contributed by atoms with E-state index in [0.29, 0.717) is 5.92 Å².